The fourth-order valence-electron chi connectivity index (χ4n) is 1.16. The van der Waals surface area contributed by atoms with Crippen molar-refractivity contribution in [3.05, 3.63) is 27.0 Å². The molecule has 16 heavy (non-hydrogen) atoms. The molecular formula is C9H9Cl3N2O2. The van der Waals surface area contributed by atoms with Crippen molar-refractivity contribution in [1.82, 2.24) is 4.98 Å². The Bertz CT molecular complexity index is 412. The molecule has 88 valence electrons. The van der Waals surface area contributed by atoms with Crippen LogP contribution < -0.4 is 5.73 Å². The molecule has 7 heteroatoms. The van der Waals surface area contributed by atoms with Gasteiger partial charge in [-0.15, -0.1) is 0 Å². The summed E-state index contributed by atoms with van der Waals surface area (Å²) in [4.78, 5) is 14.8. The molecule has 1 heterocycles. The van der Waals surface area contributed by atoms with Crippen LogP contribution in [-0.4, -0.2) is 18.1 Å². The minimum atomic E-state index is -0.673. The maximum absolute atomic E-state index is 11.1. The Balaban J connectivity index is 3.03. The molecule has 1 aromatic heterocycles. The molecule has 0 amide bonds. The van der Waals surface area contributed by atoms with Crippen molar-refractivity contribution in [3.63, 3.8) is 0 Å². The number of rotatable bonds is 3. The highest BCUT2D eigenvalue weighted by atomic mass is 35.5. The van der Waals surface area contributed by atoms with Crippen LogP contribution in [0, 0.1) is 0 Å². The Morgan fingerprint density at radius 1 is 1.56 bits per heavy atom. The van der Waals surface area contributed by atoms with Crippen molar-refractivity contribution in [2.75, 3.05) is 7.11 Å². The summed E-state index contributed by atoms with van der Waals surface area (Å²) in [6.07, 6.45) is 1.30. The second kappa shape index (κ2) is 5.68. The maximum atomic E-state index is 11.1. The van der Waals surface area contributed by atoms with Gasteiger partial charge < -0.3 is 10.5 Å². The summed E-state index contributed by atoms with van der Waals surface area (Å²) < 4.78 is 4.50. The van der Waals surface area contributed by atoms with Gasteiger partial charge in [0.25, 0.3) is 0 Å². The van der Waals surface area contributed by atoms with E-state index in [1.165, 1.54) is 13.3 Å². The van der Waals surface area contributed by atoms with Crippen LogP contribution in [0.25, 0.3) is 0 Å². The lowest BCUT2D eigenvalue weighted by molar-refractivity contribution is -0.141. The quantitative estimate of drug-likeness (QED) is 0.684. The van der Waals surface area contributed by atoms with Gasteiger partial charge in [-0.3, -0.25) is 4.79 Å². The normalized spacial score (nSPS) is 12.3. The molecule has 0 radical (unpaired) electrons. The third-order valence-electron chi connectivity index (χ3n) is 1.95. The summed E-state index contributed by atoms with van der Waals surface area (Å²) in [6, 6.07) is -0.673. The summed E-state index contributed by atoms with van der Waals surface area (Å²) in [5.74, 6) is -0.451. The summed E-state index contributed by atoms with van der Waals surface area (Å²) in [5.41, 5.74) is 6.18. The van der Waals surface area contributed by atoms with Crippen LogP contribution in [0.4, 0.5) is 0 Å². The molecule has 0 fully saturated rings. The Kier molecular flexibility index (Phi) is 4.80. The molecule has 4 nitrogen and oxygen atoms in total. The first-order valence-electron chi connectivity index (χ1n) is 4.29. The number of aromatic nitrogens is 1. The average Bonchev–Trinajstić information content (AvgIpc) is 2.24. The minimum absolute atomic E-state index is 0.0315. The number of nitrogens with zero attached hydrogens (tertiary/aromatic N) is 1. The van der Waals surface area contributed by atoms with E-state index in [-0.39, 0.29) is 21.6 Å². The average molecular weight is 284 g/mol. The van der Waals surface area contributed by atoms with Crippen LogP contribution in [0.15, 0.2) is 6.20 Å². The highest BCUT2D eigenvalue weighted by Gasteiger charge is 2.20. The predicted octanol–water partition coefficient (Wildman–Crippen LogP) is 2.60. The first kappa shape index (κ1) is 13.5. The molecule has 0 aliphatic rings. The third kappa shape index (κ3) is 2.98. The fourth-order valence-corrected chi connectivity index (χ4v) is 1.93. The second-order valence-corrected chi connectivity index (χ2v) is 4.15. The lowest BCUT2D eigenvalue weighted by Crippen LogP contribution is -2.17. The Morgan fingerprint density at radius 2 is 2.19 bits per heavy atom. The minimum Gasteiger partial charge on any atom is -0.469 e. The first-order valence-corrected chi connectivity index (χ1v) is 5.42. The van der Waals surface area contributed by atoms with Gasteiger partial charge in [-0.25, -0.2) is 4.98 Å². The molecule has 0 aromatic carbocycles. The van der Waals surface area contributed by atoms with Crippen LogP contribution in [0.5, 0.6) is 0 Å². The fraction of sp³-hybridized carbons (Fsp3) is 0.333. The molecule has 0 saturated heterocycles. The number of hydrogen-bond donors (Lipinski definition) is 1. The van der Waals surface area contributed by atoms with Gasteiger partial charge in [0.05, 0.1) is 23.6 Å². The lowest BCUT2D eigenvalue weighted by atomic mass is 10.1. The van der Waals surface area contributed by atoms with E-state index in [0.29, 0.717) is 5.56 Å². The molecule has 2 N–H and O–H groups in total. The van der Waals surface area contributed by atoms with Gasteiger partial charge >= 0.3 is 5.97 Å². The Labute approximate surface area is 108 Å². The standard InChI is InChI=1S/C9H9Cl3N2O2/c1-16-6(15)2-5(13)7-4(10)3-14-9(12)8(7)11/h3,5H,2,13H2,1H3/t5-/m0/s1. The van der Waals surface area contributed by atoms with E-state index >= 15 is 0 Å². The van der Waals surface area contributed by atoms with Crippen molar-refractivity contribution in [2.45, 2.75) is 12.5 Å². The zero-order chi connectivity index (χ0) is 12.3. The molecular weight excluding hydrogens is 274 g/mol. The van der Waals surface area contributed by atoms with E-state index in [2.05, 4.69) is 9.72 Å². The van der Waals surface area contributed by atoms with Gasteiger partial charge in [-0.1, -0.05) is 34.8 Å². The second-order valence-electron chi connectivity index (χ2n) is 3.01. The highest BCUT2D eigenvalue weighted by Crippen LogP contribution is 2.34. The number of ether oxygens (including phenoxy) is 1. The maximum Gasteiger partial charge on any atom is 0.307 e. The zero-order valence-corrected chi connectivity index (χ0v) is 10.6. The number of nitrogens with two attached hydrogens (primary N) is 1. The SMILES string of the molecule is COC(=O)C[C@H](N)c1c(Cl)cnc(Cl)c1Cl. The Morgan fingerprint density at radius 3 is 2.75 bits per heavy atom. The van der Waals surface area contributed by atoms with Gasteiger partial charge in [-0.2, -0.15) is 0 Å². The first-order chi connectivity index (χ1) is 7.47. The van der Waals surface area contributed by atoms with E-state index in [1.807, 2.05) is 0 Å². The molecule has 0 spiro atoms. The van der Waals surface area contributed by atoms with Crippen molar-refractivity contribution < 1.29 is 9.53 Å². The van der Waals surface area contributed by atoms with Gasteiger partial charge in [0, 0.05) is 17.8 Å². The van der Waals surface area contributed by atoms with Crippen LogP contribution in [0.3, 0.4) is 0 Å². The molecule has 1 rings (SSSR count). The van der Waals surface area contributed by atoms with Crippen molar-refractivity contribution in [2.24, 2.45) is 5.73 Å². The zero-order valence-electron chi connectivity index (χ0n) is 8.34. The molecule has 0 aliphatic heterocycles. The summed E-state index contributed by atoms with van der Waals surface area (Å²) in [6.45, 7) is 0. The van der Waals surface area contributed by atoms with Crippen LogP contribution in [0.2, 0.25) is 15.2 Å². The summed E-state index contributed by atoms with van der Waals surface area (Å²) in [5, 5.41) is 0.526. The molecule has 1 atom stereocenters. The molecule has 0 unspecified atom stereocenters. The number of carbonyl (C=O) groups is 1. The molecule has 0 bridgehead atoms. The van der Waals surface area contributed by atoms with Gasteiger partial charge in [-0.05, 0) is 0 Å². The largest absolute Gasteiger partial charge is 0.469 e. The monoisotopic (exact) mass is 282 g/mol. The highest BCUT2D eigenvalue weighted by molar-refractivity contribution is 6.43. The Hall–Kier alpha value is -0.550. The van der Waals surface area contributed by atoms with E-state index in [9.17, 15) is 4.79 Å². The number of carbonyl (C=O) groups excluding carboxylic acids is 1. The van der Waals surface area contributed by atoms with Crippen molar-refractivity contribution in [3.8, 4) is 0 Å². The predicted molar refractivity (Wildman–Crippen MR) is 62.8 cm³/mol. The van der Waals surface area contributed by atoms with Crippen molar-refractivity contribution >= 4 is 40.8 Å². The smallest absolute Gasteiger partial charge is 0.307 e. The van der Waals surface area contributed by atoms with Crippen LogP contribution in [-0.2, 0) is 9.53 Å². The molecule has 0 aliphatic carbocycles. The van der Waals surface area contributed by atoms with E-state index < -0.39 is 12.0 Å². The summed E-state index contributed by atoms with van der Waals surface area (Å²) in [7, 11) is 1.28. The van der Waals surface area contributed by atoms with E-state index in [0.717, 1.165) is 0 Å². The van der Waals surface area contributed by atoms with Gasteiger partial charge in [0.15, 0.2) is 0 Å². The third-order valence-corrected chi connectivity index (χ3v) is 3.02. The van der Waals surface area contributed by atoms with Crippen LogP contribution >= 0.6 is 34.8 Å². The number of pyridine rings is 1. The topological polar surface area (TPSA) is 65.2 Å². The van der Waals surface area contributed by atoms with E-state index in [1.54, 1.807) is 0 Å². The van der Waals surface area contributed by atoms with Crippen molar-refractivity contribution in [1.29, 1.82) is 0 Å². The van der Waals surface area contributed by atoms with E-state index in [4.69, 9.17) is 40.5 Å². The number of methoxy groups -OCH3 is 1. The number of esters is 1. The lowest BCUT2D eigenvalue weighted by Gasteiger charge is -2.14. The van der Waals surface area contributed by atoms with Gasteiger partial charge in [0.2, 0.25) is 0 Å². The van der Waals surface area contributed by atoms with Gasteiger partial charge in [0.1, 0.15) is 5.15 Å². The molecule has 1 aromatic rings. The number of halogens is 3. The summed E-state index contributed by atoms with van der Waals surface area (Å²) >= 11 is 17.5. The number of hydrogen-bond acceptors (Lipinski definition) is 4. The molecule has 0 saturated carbocycles. The van der Waals surface area contributed by atoms with Crippen LogP contribution in [0.1, 0.15) is 18.0 Å².